The normalized spacial score (nSPS) is 27.0. The van der Waals surface area contributed by atoms with Gasteiger partial charge in [-0.1, -0.05) is 6.92 Å². The average molecular weight is 193 g/mol. The van der Waals surface area contributed by atoms with Crippen LogP contribution in [0.1, 0.15) is 38.3 Å². The quantitative estimate of drug-likeness (QED) is 0.792. The van der Waals surface area contributed by atoms with Gasteiger partial charge in [-0.05, 0) is 25.8 Å². The van der Waals surface area contributed by atoms with Crippen molar-refractivity contribution in [1.82, 2.24) is 15.1 Å². The number of rotatable bonds is 3. The zero-order valence-corrected chi connectivity index (χ0v) is 9.03. The van der Waals surface area contributed by atoms with Gasteiger partial charge in [0.2, 0.25) is 0 Å². The first-order valence-electron chi connectivity index (χ1n) is 5.56. The summed E-state index contributed by atoms with van der Waals surface area (Å²) < 4.78 is 2.16. The number of hydrogen-bond acceptors (Lipinski definition) is 2. The van der Waals surface area contributed by atoms with Crippen molar-refractivity contribution in [3.63, 3.8) is 0 Å². The molecule has 1 N–H and O–H groups in total. The van der Waals surface area contributed by atoms with Crippen LogP contribution in [-0.2, 0) is 6.54 Å². The predicted molar refractivity (Wildman–Crippen MR) is 57.3 cm³/mol. The molecule has 0 aromatic carbocycles. The fourth-order valence-electron chi connectivity index (χ4n) is 2.25. The van der Waals surface area contributed by atoms with Crippen LogP contribution in [0.3, 0.4) is 0 Å². The highest BCUT2D eigenvalue weighted by atomic mass is 15.3. The molecule has 1 aromatic heterocycles. The third-order valence-electron chi connectivity index (χ3n) is 2.95. The molecule has 0 aliphatic carbocycles. The molecule has 2 unspecified atom stereocenters. The number of nitrogens with one attached hydrogen (secondary N) is 1. The lowest BCUT2D eigenvalue weighted by atomic mass is 10.0. The van der Waals surface area contributed by atoms with E-state index in [9.17, 15) is 0 Å². The Morgan fingerprint density at radius 2 is 2.50 bits per heavy atom. The summed E-state index contributed by atoms with van der Waals surface area (Å²) in [5.74, 6) is 0.666. The van der Waals surface area contributed by atoms with Crippen LogP contribution in [0.15, 0.2) is 12.3 Å². The molecule has 78 valence electrons. The highest BCUT2D eigenvalue weighted by Gasteiger charge is 2.24. The molecule has 0 radical (unpaired) electrons. The van der Waals surface area contributed by atoms with Gasteiger partial charge < -0.3 is 5.32 Å². The second-order valence-corrected chi connectivity index (χ2v) is 4.22. The van der Waals surface area contributed by atoms with Crippen molar-refractivity contribution in [2.75, 3.05) is 6.54 Å². The molecule has 1 fully saturated rings. The van der Waals surface area contributed by atoms with Crippen LogP contribution in [-0.4, -0.2) is 22.4 Å². The van der Waals surface area contributed by atoms with E-state index in [1.165, 1.54) is 12.1 Å². The maximum absolute atomic E-state index is 4.36. The first-order valence-corrected chi connectivity index (χ1v) is 5.56. The molecule has 1 saturated heterocycles. The monoisotopic (exact) mass is 193 g/mol. The third-order valence-corrected chi connectivity index (χ3v) is 2.95. The van der Waals surface area contributed by atoms with E-state index in [4.69, 9.17) is 0 Å². The Balaban J connectivity index is 2.11. The van der Waals surface area contributed by atoms with E-state index in [2.05, 4.69) is 35.0 Å². The van der Waals surface area contributed by atoms with Gasteiger partial charge in [-0.3, -0.25) is 4.68 Å². The maximum atomic E-state index is 4.36. The van der Waals surface area contributed by atoms with Crippen LogP contribution in [0.2, 0.25) is 0 Å². The summed E-state index contributed by atoms with van der Waals surface area (Å²) >= 11 is 0. The molecule has 0 bridgehead atoms. The fourth-order valence-corrected chi connectivity index (χ4v) is 2.25. The number of aryl methyl sites for hydroxylation is 1. The minimum Gasteiger partial charge on any atom is -0.314 e. The van der Waals surface area contributed by atoms with E-state index in [-0.39, 0.29) is 0 Å². The minimum atomic E-state index is 0.657. The minimum absolute atomic E-state index is 0.657. The molecule has 0 saturated carbocycles. The van der Waals surface area contributed by atoms with Gasteiger partial charge in [0, 0.05) is 36.9 Å². The molecule has 1 aliphatic rings. The summed E-state index contributed by atoms with van der Waals surface area (Å²) in [5.41, 5.74) is 1.41. The van der Waals surface area contributed by atoms with Crippen molar-refractivity contribution in [1.29, 1.82) is 0 Å². The standard InChI is InChI=1S/C11H19N3/c1-3-6-14-11(4-5-13-14)10-7-9(2)12-8-10/h4-5,9-10,12H,3,6-8H2,1-2H3. The summed E-state index contributed by atoms with van der Waals surface area (Å²) in [6.07, 6.45) is 4.33. The van der Waals surface area contributed by atoms with Crippen LogP contribution in [0.5, 0.6) is 0 Å². The van der Waals surface area contributed by atoms with Crippen molar-refractivity contribution in [3.05, 3.63) is 18.0 Å². The summed E-state index contributed by atoms with van der Waals surface area (Å²) in [7, 11) is 0. The Bertz CT molecular complexity index is 292. The van der Waals surface area contributed by atoms with Crippen LogP contribution in [0.4, 0.5) is 0 Å². The molecule has 14 heavy (non-hydrogen) atoms. The SMILES string of the molecule is CCCn1nccc1C1CNC(C)C1. The van der Waals surface area contributed by atoms with Gasteiger partial charge >= 0.3 is 0 Å². The smallest absolute Gasteiger partial charge is 0.0492 e. The molecule has 1 aliphatic heterocycles. The van der Waals surface area contributed by atoms with Crippen molar-refractivity contribution in [2.24, 2.45) is 0 Å². The van der Waals surface area contributed by atoms with E-state index in [1.807, 2.05) is 6.20 Å². The van der Waals surface area contributed by atoms with Gasteiger partial charge in [-0.2, -0.15) is 5.10 Å². The molecule has 3 heteroatoms. The Morgan fingerprint density at radius 1 is 1.64 bits per heavy atom. The van der Waals surface area contributed by atoms with Crippen molar-refractivity contribution in [3.8, 4) is 0 Å². The van der Waals surface area contributed by atoms with Gasteiger partial charge in [-0.15, -0.1) is 0 Å². The number of aromatic nitrogens is 2. The van der Waals surface area contributed by atoms with Gasteiger partial charge in [0.25, 0.3) is 0 Å². The molecular formula is C11H19N3. The molecule has 2 heterocycles. The zero-order chi connectivity index (χ0) is 9.97. The topological polar surface area (TPSA) is 29.9 Å². The predicted octanol–water partition coefficient (Wildman–Crippen LogP) is 1.76. The lowest BCUT2D eigenvalue weighted by molar-refractivity contribution is 0.543. The van der Waals surface area contributed by atoms with Gasteiger partial charge in [0.15, 0.2) is 0 Å². The van der Waals surface area contributed by atoms with Crippen LogP contribution >= 0.6 is 0 Å². The summed E-state index contributed by atoms with van der Waals surface area (Å²) in [6, 6.07) is 2.82. The molecule has 0 amide bonds. The fraction of sp³-hybridized carbons (Fsp3) is 0.727. The number of hydrogen-bond donors (Lipinski definition) is 1. The molecule has 2 atom stereocenters. The average Bonchev–Trinajstić information content (AvgIpc) is 2.74. The molecule has 1 aromatic rings. The Hall–Kier alpha value is -0.830. The zero-order valence-electron chi connectivity index (χ0n) is 9.03. The lowest BCUT2D eigenvalue weighted by Gasteiger charge is -2.11. The van der Waals surface area contributed by atoms with E-state index in [1.54, 1.807) is 0 Å². The lowest BCUT2D eigenvalue weighted by Crippen LogP contribution is -2.17. The Labute approximate surface area is 85.5 Å². The second kappa shape index (κ2) is 4.13. The molecule has 2 rings (SSSR count). The number of nitrogens with zero attached hydrogens (tertiary/aromatic N) is 2. The molecule has 3 nitrogen and oxygen atoms in total. The Morgan fingerprint density at radius 3 is 3.14 bits per heavy atom. The summed E-state index contributed by atoms with van der Waals surface area (Å²) in [5, 5.41) is 7.85. The van der Waals surface area contributed by atoms with Crippen molar-refractivity contribution < 1.29 is 0 Å². The van der Waals surface area contributed by atoms with E-state index >= 15 is 0 Å². The first kappa shape index (κ1) is 9.71. The van der Waals surface area contributed by atoms with Crippen LogP contribution < -0.4 is 5.32 Å². The van der Waals surface area contributed by atoms with Gasteiger partial charge in [-0.25, -0.2) is 0 Å². The van der Waals surface area contributed by atoms with Crippen LogP contribution in [0, 0.1) is 0 Å². The maximum Gasteiger partial charge on any atom is 0.0492 e. The van der Waals surface area contributed by atoms with E-state index in [0.29, 0.717) is 12.0 Å². The van der Waals surface area contributed by atoms with E-state index in [0.717, 1.165) is 19.5 Å². The van der Waals surface area contributed by atoms with Gasteiger partial charge in [0.1, 0.15) is 0 Å². The first-order chi connectivity index (χ1) is 6.81. The van der Waals surface area contributed by atoms with Crippen LogP contribution in [0.25, 0.3) is 0 Å². The summed E-state index contributed by atoms with van der Waals surface area (Å²) in [6.45, 7) is 6.60. The third kappa shape index (κ3) is 1.82. The van der Waals surface area contributed by atoms with Crippen molar-refractivity contribution >= 4 is 0 Å². The molecular weight excluding hydrogens is 174 g/mol. The Kier molecular flexibility index (Phi) is 2.87. The summed E-state index contributed by atoms with van der Waals surface area (Å²) in [4.78, 5) is 0. The van der Waals surface area contributed by atoms with Crippen molar-refractivity contribution in [2.45, 2.75) is 45.2 Å². The molecule has 0 spiro atoms. The van der Waals surface area contributed by atoms with Gasteiger partial charge in [0.05, 0.1) is 0 Å². The van der Waals surface area contributed by atoms with E-state index < -0.39 is 0 Å². The highest BCUT2D eigenvalue weighted by molar-refractivity contribution is 5.11. The second-order valence-electron chi connectivity index (χ2n) is 4.22. The largest absolute Gasteiger partial charge is 0.314 e. The highest BCUT2D eigenvalue weighted by Crippen LogP contribution is 2.25.